The van der Waals surface area contributed by atoms with E-state index in [9.17, 15) is 9.50 Å². The third-order valence-electron chi connectivity index (χ3n) is 3.16. The van der Waals surface area contributed by atoms with E-state index < -0.39 is 6.10 Å². The molecule has 0 amide bonds. The van der Waals surface area contributed by atoms with Crippen LogP contribution in [-0.2, 0) is 0 Å². The lowest BCUT2D eigenvalue weighted by Crippen LogP contribution is -2.29. The molecule has 0 aromatic heterocycles. The van der Waals surface area contributed by atoms with Crippen molar-refractivity contribution >= 4 is 6.08 Å². The number of rotatable bonds is 3. The van der Waals surface area contributed by atoms with E-state index in [0.717, 1.165) is 19.3 Å². The number of hydrogen-bond donors (Lipinski definition) is 1. The van der Waals surface area contributed by atoms with Gasteiger partial charge in [0, 0.05) is 5.56 Å². The van der Waals surface area contributed by atoms with E-state index in [1.807, 2.05) is 25.2 Å². The topological polar surface area (TPSA) is 29.5 Å². The van der Waals surface area contributed by atoms with Gasteiger partial charge < -0.3 is 9.84 Å². The van der Waals surface area contributed by atoms with Crippen molar-refractivity contribution in [2.75, 3.05) is 0 Å². The van der Waals surface area contributed by atoms with Crippen LogP contribution >= 0.6 is 0 Å². The first kappa shape index (κ1) is 13.8. The number of ether oxygens (including phenoxy) is 1. The molecule has 1 N–H and O–H groups in total. The number of aliphatic hydroxyl groups is 1. The minimum Gasteiger partial charge on any atom is -0.483 e. The molecule has 1 unspecified atom stereocenters. The molecule has 0 aliphatic heterocycles. The number of halogens is 1. The Labute approximate surface area is 113 Å². The van der Waals surface area contributed by atoms with Crippen molar-refractivity contribution in [2.24, 2.45) is 0 Å². The van der Waals surface area contributed by atoms with Crippen LogP contribution in [0.1, 0.15) is 31.7 Å². The summed E-state index contributed by atoms with van der Waals surface area (Å²) in [6, 6.07) is 4.41. The van der Waals surface area contributed by atoms with Gasteiger partial charge >= 0.3 is 0 Å². The molecule has 0 spiro atoms. The minimum atomic E-state index is -0.512. The van der Waals surface area contributed by atoms with E-state index in [1.165, 1.54) is 12.1 Å². The van der Waals surface area contributed by atoms with Gasteiger partial charge in [0.05, 0.1) is 6.10 Å². The van der Waals surface area contributed by atoms with Crippen molar-refractivity contribution < 1.29 is 14.2 Å². The summed E-state index contributed by atoms with van der Waals surface area (Å²) in [7, 11) is 0. The van der Waals surface area contributed by atoms with Gasteiger partial charge in [0.25, 0.3) is 0 Å². The fraction of sp³-hybridized carbons (Fsp3) is 0.375. The quantitative estimate of drug-likeness (QED) is 0.841. The lowest BCUT2D eigenvalue weighted by atomic mass is 10.1. The van der Waals surface area contributed by atoms with E-state index in [2.05, 4.69) is 0 Å². The van der Waals surface area contributed by atoms with E-state index in [0.29, 0.717) is 11.3 Å². The largest absolute Gasteiger partial charge is 0.483 e. The van der Waals surface area contributed by atoms with Gasteiger partial charge in [0.15, 0.2) is 0 Å². The van der Waals surface area contributed by atoms with E-state index in [4.69, 9.17) is 4.74 Å². The molecule has 1 aliphatic carbocycles. The van der Waals surface area contributed by atoms with Crippen LogP contribution in [0.5, 0.6) is 5.75 Å². The summed E-state index contributed by atoms with van der Waals surface area (Å²) in [4.78, 5) is 0. The normalized spacial score (nSPS) is 23.5. The summed E-state index contributed by atoms with van der Waals surface area (Å²) in [6.07, 6.45) is 9.31. The van der Waals surface area contributed by atoms with Gasteiger partial charge in [-0.2, -0.15) is 0 Å². The van der Waals surface area contributed by atoms with Gasteiger partial charge in [-0.1, -0.05) is 18.2 Å². The van der Waals surface area contributed by atoms with Crippen LogP contribution in [0.15, 0.2) is 36.4 Å². The average Bonchev–Trinajstić information content (AvgIpc) is 2.58. The molecule has 0 saturated carbocycles. The Morgan fingerprint density at radius 1 is 1.42 bits per heavy atom. The molecular formula is C16H19FO2. The molecule has 3 heteroatoms. The van der Waals surface area contributed by atoms with Crippen molar-refractivity contribution in [3.05, 3.63) is 47.8 Å². The highest BCUT2D eigenvalue weighted by Gasteiger charge is 2.20. The summed E-state index contributed by atoms with van der Waals surface area (Å²) >= 11 is 0. The SMILES string of the molecule is CC=Cc1cc(F)ccc1OC1C=CCCC[C@H]1O. The van der Waals surface area contributed by atoms with E-state index in [-0.39, 0.29) is 11.9 Å². The van der Waals surface area contributed by atoms with Crippen molar-refractivity contribution in [3.63, 3.8) is 0 Å². The maximum Gasteiger partial charge on any atom is 0.143 e. The van der Waals surface area contributed by atoms with E-state index >= 15 is 0 Å². The predicted molar refractivity (Wildman–Crippen MR) is 74.5 cm³/mol. The first-order chi connectivity index (χ1) is 9.20. The van der Waals surface area contributed by atoms with Crippen molar-refractivity contribution in [1.82, 2.24) is 0 Å². The molecule has 1 aliphatic rings. The van der Waals surface area contributed by atoms with Gasteiger partial charge in [-0.15, -0.1) is 0 Å². The fourth-order valence-electron chi connectivity index (χ4n) is 2.17. The number of benzene rings is 1. The van der Waals surface area contributed by atoms with Gasteiger partial charge in [-0.05, 0) is 50.5 Å². The monoisotopic (exact) mass is 262 g/mol. The highest BCUT2D eigenvalue weighted by Crippen LogP contribution is 2.25. The molecule has 0 heterocycles. The lowest BCUT2D eigenvalue weighted by molar-refractivity contribution is 0.0588. The standard InChI is InChI=1S/C16H19FO2/c1-2-6-12-11-13(17)9-10-15(12)19-16-8-5-3-4-7-14(16)18/h2,5-6,8-11,14,16,18H,3-4,7H2,1H3/t14-,16?/m1/s1. The van der Waals surface area contributed by atoms with Crippen LogP contribution < -0.4 is 4.74 Å². The zero-order chi connectivity index (χ0) is 13.7. The molecule has 2 rings (SSSR count). The maximum atomic E-state index is 13.2. The van der Waals surface area contributed by atoms with Crippen LogP contribution in [0, 0.1) is 5.82 Å². The van der Waals surface area contributed by atoms with Crippen LogP contribution in [0.2, 0.25) is 0 Å². The number of allylic oxidation sites excluding steroid dienone is 2. The maximum absolute atomic E-state index is 13.2. The zero-order valence-electron chi connectivity index (χ0n) is 11.1. The smallest absolute Gasteiger partial charge is 0.143 e. The highest BCUT2D eigenvalue weighted by molar-refractivity contribution is 5.57. The first-order valence-corrected chi connectivity index (χ1v) is 6.64. The molecule has 2 nitrogen and oxygen atoms in total. The Kier molecular flexibility index (Phi) is 4.74. The minimum absolute atomic E-state index is 0.294. The highest BCUT2D eigenvalue weighted by atomic mass is 19.1. The molecule has 1 aromatic carbocycles. The molecular weight excluding hydrogens is 243 g/mol. The summed E-state index contributed by atoms with van der Waals surface area (Å²) in [5, 5.41) is 10.0. The summed E-state index contributed by atoms with van der Waals surface area (Å²) < 4.78 is 19.1. The van der Waals surface area contributed by atoms with E-state index in [1.54, 1.807) is 12.1 Å². The second-order valence-corrected chi connectivity index (χ2v) is 4.69. The molecule has 19 heavy (non-hydrogen) atoms. The fourth-order valence-corrected chi connectivity index (χ4v) is 2.17. The summed E-state index contributed by atoms with van der Waals surface area (Å²) in [6.45, 7) is 1.87. The Bertz CT molecular complexity index is 480. The molecule has 1 aromatic rings. The molecule has 0 fully saturated rings. The zero-order valence-corrected chi connectivity index (χ0v) is 11.1. The van der Waals surface area contributed by atoms with Crippen molar-refractivity contribution in [3.8, 4) is 5.75 Å². The van der Waals surface area contributed by atoms with Gasteiger partial charge in [0.1, 0.15) is 17.7 Å². The van der Waals surface area contributed by atoms with Crippen molar-refractivity contribution in [2.45, 2.75) is 38.4 Å². The lowest BCUT2D eigenvalue weighted by Gasteiger charge is -2.21. The molecule has 0 bridgehead atoms. The van der Waals surface area contributed by atoms with Crippen molar-refractivity contribution in [1.29, 1.82) is 0 Å². The Balaban J connectivity index is 2.22. The Morgan fingerprint density at radius 2 is 2.26 bits per heavy atom. The van der Waals surface area contributed by atoms with Crippen LogP contribution in [0.25, 0.3) is 6.08 Å². The summed E-state index contributed by atoms with van der Waals surface area (Å²) in [5.41, 5.74) is 0.687. The molecule has 0 saturated heterocycles. The predicted octanol–water partition coefficient (Wildman–Crippen LogP) is 3.71. The number of aliphatic hydroxyl groups excluding tert-OH is 1. The van der Waals surface area contributed by atoms with Crippen LogP contribution in [-0.4, -0.2) is 17.3 Å². The molecule has 0 radical (unpaired) electrons. The third-order valence-corrected chi connectivity index (χ3v) is 3.16. The first-order valence-electron chi connectivity index (χ1n) is 6.64. The van der Waals surface area contributed by atoms with Gasteiger partial charge in [0.2, 0.25) is 0 Å². The average molecular weight is 262 g/mol. The van der Waals surface area contributed by atoms with Crippen LogP contribution in [0.3, 0.4) is 0 Å². The number of hydrogen-bond acceptors (Lipinski definition) is 2. The van der Waals surface area contributed by atoms with Gasteiger partial charge in [-0.3, -0.25) is 0 Å². The second-order valence-electron chi connectivity index (χ2n) is 4.69. The van der Waals surface area contributed by atoms with Gasteiger partial charge in [-0.25, -0.2) is 4.39 Å². The molecule has 2 atom stereocenters. The Morgan fingerprint density at radius 3 is 3.05 bits per heavy atom. The summed E-state index contributed by atoms with van der Waals surface area (Å²) in [5.74, 6) is 0.299. The van der Waals surface area contributed by atoms with Crippen LogP contribution in [0.4, 0.5) is 4.39 Å². The second kappa shape index (κ2) is 6.53. The Hall–Kier alpha value is -1.61. The molecule has 102 valence electrons. The third kappa shape index (κ3) is 3.67.